The van der Waals surface area contributed by atoms with Crippen LogP contribution in [0, 0.1) is 0 Å². The Balaban J connectivity index is 1.91. The molecule has 4 nitrogen and oxygen atoms in total. The van der Waals surface area contributed by atoms with Crippen LogP contribution in [0.15, 0.2) is 24.3 Å². The molecule has 0 atom stereocenters. The summed E-state index contributed by atoms with van der Waals surface area (Å²) in [5, 5.41) is 5.79. The first kappa shape index (κ1) is 10.7. The van der Waals surface area contributed by atoms with Gasteiger partial charge in [0.2, 0.25) is 0 Å². The van der Waals surface area contributed by atoms with Gasteiger partial charge in [-0.15, -0.1) is 0 Å². The van der Waals surface area contributed by atoms with Crippen molar-refractivity contribution in [1.29, 1.82) is 0 Å². The van der Waals surface area contributed by atoms with Crippen molar-refractivity contribution < 1.29 is 0 Å². The third-order valence-electron chi connectivity index (χ3n) is 4.06. The molecule has 96 valence electrons. The van der Waals surface area contributed by atoms with E-state index in [0.29, 0.717) is 5.82 Å². The third-order valence-corrected chi connectivity index (χ3v) is 4.06. The number of aromatic nitrogens is 3. The molecule has 1 aliphatic carbocycles. The average Bonchev–Trinajstić information content (AvgIpc) is 3.04. The van der Waals surface area contributed by atoms with Crippen LogP contribution in [-0.2, 0) is 19.9 Å². The molecule has 19 heavy (non-hydrogen) atoms. The molecule has 4 rings (SSSR count). The zero-order valence-corrected chi connectivity index (χ0v) is 10.9. The van der Waals surface area contributed by atoms with E-state index in [1.54, 1.807) is 4.68 Å². The van der Waals surface area contributed by atoms with Crippen molar-refractivity contribution >= 4 is 16.7 Å². The molecule has 0 fully saturated rings. The maximum atomic E-state index is 5.86. The van der Waals surface area contributed by atoms with Gasteiger partial charge in [0.05, 0.1) is 5.69 Å². The molecule has 0 bridgehead atoms. The summed E-state index contributed by atoms with van der Waals surface area (Å²) >= 11 is 0. The number of nitrogens with zero attached hydrogens (tertiary/aromatic N) is 2. The Hall–Kier alpha value is -2.23. The van der Waals surface area contributed by atoms with E-state index in [4.69, 9.17) is 5.73 Å². The molecule has 0 spiro atoms. The van der Waals surface area contributed by atoms with E-state index in [1.807, 2.05) is 13.1 Å². The molecular formula is C15H16N4. The van der Waals surface area contributed by atoms with Crippen molar-refractivity contribution in [1.82, 2.24) is 14.8 Å². The zero-order valence-electron chi connectivity index (χ0n) is 10.9. The minimum atomic E-state index is 0.689. The van der Waals surface area contributed by atoms with Crippen LogP contribution < -0.4 is 5.73 Å². The number of aryl methyl sites for hydroxylation is 3. The van der Waals surface area contributed by atoms with Gasteiger partial charge in [0, 0.05) is 35.3 Å². The summed E-state index contributed by atoms with van der Waals surface area (Å²) < 4.78 is 1.71. The molecule has 3 aromatic rings. The Morgan fingerprint density at radius 1 is 1.26 bits per heavy atom. The maximum absolute atomic E-state index is 5.86. The minimum Gasteiger partial charge on any atom is -0.384 e. The number of anilines is 1. The Morgan fingerprint density at radius 3 is 2.95 bits per heavy atom. The summed E-state index contributed by atoms with van der Waals surface area (Å²) in [5.41, 5.74) is 12.1. The highest BCUT2D eigenvalue weighted by atomic mass is 15.3. The lowest BCUT2D eigenvalue weighted by molar-refractivity contribution is 0.782. The number of benzene rings is 1. The topological polar surface area (TPSA) is 59.6 Å². The van der Waals surface area contributed by atoms with Crippen molar-refractivity contribution in [2.75, 3.05) is 5.73 Å². The molecule has 1 aromatic carbocycles. The second kappa shape index (κ2) is 3.63. The highest BCUT2D eigenvalue weighted by Crippen LogP contribution is 2.32. The smallest absolute Gasteiger partial charge is 0.121 e. The summed E-state index contributed by atoms with van der Waals surface area (Å²) in [6.07, 6.45) is 3.62. The molecule has 1 aliphatic rings. The van der Waals surface area contributed by atoms with Crippen LogP contribution in [0.3, 0.4) is 0 Å². The molecule has 0 saturated heterocycles. The molecule has 3 N–H and O–H groups in total. The molecule has 2 aromatic heterocycles. The molecule has 4 heteroatoms. The number of rotatable bonds is 1. The molecule has 2 heterocycles. The van der Waals surface area contributed by atoms with Gasteiger partial charge in [-0.3, -0.25) is 4.68 Å². The number of H-pyrrole nitrogens is 1. The van der Waals surface area contributed by atoms with Gasteiger partial charge in [-0.25, -0.2) is 0 Å². The predicted octanol–water partition coefficient (Wildman–Crippen LogP) is 2.64. The second-order valence-electron chi connectivity index (χ2n) is 5.27. The van der Waals surface area contributed by atoms with Crippen molar-refractivity contribution in [2.45, 2.75) is 19.3 Å². The number of nitrogens with one attached hydrogen (secondary N) is 1. The molecule has 0 amide bonds. The van der Waals surface area contributed by atoms with Crippen LogP contribution in [0.1, 0.15) is 17.7 Å². The molecule has 0 saturated carbocycles. The maximum Gasteiger partial charge on any atom is 0.121 e. The van der Waals surface area contributed by atoms with Gasteiger partial charge in [0.15, 0.2) is 0 Å². The second-order valence-corrected chi connectivity index (χ2v) is 5.27. The van der Waals surface area contributed by atoms with E-state index in [2.05, 4.69) is 28.3 Å². The lowest BCUT2D eigenvalue weighted by Crippen LogP contribution is -1.96. The van der Waals surface area contributed by atoms with E-state index in [1.165, 1.54) is 41.4 Å². The lowest BCUT2D eigenvalue weighted by Gasteiger charge is -1.99. The normalized spacial score (nSPS) is 14.2. The first-order valence-corrected chi connectivity index (χ1v) is 6.66. The van der Waals surface area contributed by atoms with Crippen LogP contribution in [0.2, 0.25) is 0 Å². The van der Waals surface area contributed by atoms with Crippen molar-refractivity contribution in [2.24, 2.45) is 7.05 Å². The summed E-state index contributed by atoms with van der Waals surface area (Å²) in [4.78, 5) is 3.52. The quantitative estimate of drug-likeness (QED) is 0.699. The highest BCUT2D eigenvalue weighted by Gasteiger charge is 2.17. The van der Waals surface area contributed by atoms with Crippen molar-refractivity contribution in [3.63, 3.8) is 0 Å². The predicted molar refractivity (Wildman–Crippen MR) is 76.9 cm³/mol. The number of nitrogen functional groups attached to an aromatic ring is 1. The Kier molecular flexibility index (Phi) is 2.04. The zero-order chi connectivity index (χ0) is 13.0. The molecule has 0 unspecified atom stereocenters. The fourth-order valence-corrected chi connectivity index (χ4v) is 3.03. The Bertz CT molecular complexity index is 759. The van der Waals surface area contributed by atoms with Crippen LogP contribution in [0.4, 0.5) is 5.82 Å². The molecule has 0 aliphatic heterocycles. The van der Waals surface area contributed by atoms with Gasteiger partial charge < -0.3 is 10.7 Å². The van der Waals surface area contributed by atoms with Crippen molar-refractivity contribution in [3.05, 3.63) is 35.5 Å². The number of aromatic amines is 1. The fraction of sp³-hybridized carbons (Fsp3) is 0.267. The molecular weight excluding hydrogens is 236 g/mol. The van der Waals surface area contributed by atoms with Crippen molar-refractivity contribution in [3.8, 4) is 11.3 Å². The van der Waals surface area contributed by atoms with E-state index in [9.17, 15) is 0 Å². The van der Waals surface area contributed by atoms with Gasteiger partial charge >= 0.3 is 0 Å². The first-order valence-electron chi connectivity index (χ1n) is 6.66. The summed E-state index contributed by atoms with van der Waals surface area (Å²) in [7, 11) is 1.87. The minimum absolute atomic E-state index is 0.689. The number of hydrogen-bond donors (Lipinski definition) is 2. The monoisotopic (exact) mass is 252 g/mol. The van der Waals surface area contributed by atoms with Crippen LogP contribution in [-0.4, -0.2) is 14.8 Å². The standard InChI is InChI=1S/C15H16N4/c1-19-15(16)8-14(18-19)9-5-6-13-11(7-9)10-3-2-4-12(10)17-13/h5-8,17H,2-4,16H2,1H3. The van der Waals surface area contributed by atoms with Gasteiger partial charge in [-0.1, -0.05) is 6.07 Å². The fourth-order valence-electron chi connectivity index (χ4n) is 3.03. The Labute approximate surface area is 111 Å². The van der Waals surface area contributed by atoms with E-state index in [0.717, 1.165) is 11.3 Å². The van der Waals surface area contributed by atoms with Gasteiger partial charge in [0.1, 0.15) is 5.82 Å². The summed E-state index contributed by atoms with van der Waals surface area (Å²) in [6, 6.07) is 8.41. The van der Waals surface area contributed by atoms with Gasteiger partial charge in [-0.2, -0.15) is 5.10 Å². The first-order chi connectivity index (χ1) is 9.22. The van der Waals surface area contributed by atoms with E-state index >= 15 is 0 Å². The van der Waals surface area contributed by atoms with Gasteiger partial charge in [0.25, 0.3) is 0 Å². The number of nitrogens with two attached hydrogens (primary N) is 1. The lowest BCUT2D eigenvalue weighted by atomic mass is 10.1. The summed E-state index contributed by atoms with van der Waals surface area (Å²) in [5.74, 6) is 0.689. The van der Waals surface area contributed by atoms with Crippen LogP contribution in [0.25, 0.3) is 22.2 Å². The third kappa shape index (κ3) is 1.49. The van der Waals surface area contributed by atoms with Gasteiger partial charge in [-0.05, 0) is 37.0 Å². The Morgan fingerprint density at radius 2 is 2.16 bits per heavy atom. The van der Waals surface area contributed by atoms with Crippen LogP contribution in [0.5, 0.6) is 0 Å². The molecule has 0 radical (unpaired) electrons. The van der Waals surface area contributed by atoms with E-state index < -0.39 is 0 Å². The summed E-state index contributed by atoms with van der Waals surface area (Å²) in [6.45, 7) is 0. The number of fused-ring (bicyclic) bond motifs is 3. The largest absolute Gasteiger partial charge is 0.384 e. The highest BCUT2D eigenvalue weighted by molar-refractivity contribution is 5.89. The van der Waals surface area contributed by atoms with E-state index in [-0.39, 0.29) is 0 Å². The average molecular weight is 252 g/mol. The number of hydrogen-bond acceptors (Lipinski definition) is 2. The SMILES string of the molecule is Cn1nc(-c2ccc3[nH]c4c(c3c2)CCC4)cc1N. The van der Waals surface area contributed by atoms with Crippen LogP contribution >= 0.6 is 0 Å².